The van der Waals surface area contributed by atoms with Gasteiger partial charge in [0.05, 0.1) is 0 Å². The summed E-state index contributed by atoms with van der Waals surface area (Å²) in [5.41, 5.74) is 1.33. The number of likely N-dealkylation sites (tertiary alicyclic amines) is 1. The van der Waals surface area contributed by atoms with E-state index in [2.05, 4.69) is 29.8 Å². The van der Waals surface area contributed by atoms with Crippen molar-refractivity contribution < 1.29 is 0 Å². The summed E-state index contributed by atoms with van der Waals surface area (Å²) in [6.07, 6.45) is 6.92. The van der Waals surface area contributed by atoms with E-state index in [1.54, 1.807) is 0 Å². The Kier molecular flexibility index (Phi) is 5.02. The molecule has 100 valence electrons. The van der Waals surface area contributed by atoms with Crippen molar-refractivity contribution in [3.63, 3.8) is 0 Å². The quantitative estimate of drug-likeness (QED) is 0.774. The van der Waals surface area contributed by atoms with Crippen LogP contribution in [0.3, 0.4) is 0 Å². The molecule has 2 rings (SSSR count). The van der Waals surface area contributed by atoms with Crippen LogP contribution in [0.2, 0.25) is 5.15 Å². The van der Waals surface area contributed by atoms with Gasteiger partial charge < -0.3 is 4.90 Å². The van der Waals surface area contributed by atoms with Crippen LogP contribution < -0.4 is 0 Å². The SMILES string of the molecule is CC(C)N1CCC[C@@H](Cc2ccnc(Cl)c2)CC1. The molecule has 0 radical (unpaired) electrons. The number of hydrogen-bond donors (Lipinski definition) is 0. The third-order valence-electron chi connectivity index (χ3n) is 3.93. The van der Waals surface area contributed by atoms with Crippen LogP contribution in [0.1, 0.15) is 38.7 Å². The summed E-state index contributed by atoms with van der Waals surface area (Å²) in [6, 6.07) is 4.78. The molecule has 0 unspecified atom stereocenters. The fourth-order valence-corrected chi connectivity index (χ4v) is 3.01. The lowest BCUT2D eigenvalue weighted by Gasteiger charge is -2.24. The number of hydrogen-bond acceptors (Lipinski definition) is 2. The first-order valence-corrected chi connectivity index (χ1v) is 7.37. The Bertz CT molecular complexity index is 379. The average Bonchev–Trinajstić information content (AvgIpc) is 2.55. The minimum atomic E-state index is 0.616. The molecule has 0 bridgehead atoms. The summed E-state index contributed by atoms with van der Waals surface area (Å²) < 4.78 is 0. The molecule has 0 spiro atoms. The highest BCUT2D eigenvalue weighted by molar-refractivity contribution is 6.29. The predicted molar refractivity (Wildman–Crippen MR) is 77.0 cm³/mol. The van der Waals surface area contributed by atoms with Crippen LogP contribution >= 0.6 is 11.6 Å². The Morgan fingerprint density at radius 3 is 2.94 bits per heavy atom. The molecule has 1 aromatic rings. The maximum absolute atomic E-state index is 5.94. The lowest BCUT2D eigenvalue weighted by atomic mass is 9.93. The zero-order valence-electron chi connectivity index (χ0n) is 11.4. The van der Waals surface area contributed by atoms with Gasteiger partial charge in [0.1, 0.15) is 5.15 Å². The number of pyridine rings is 1. The second kappa shape index (κ2) is 6.53. The van der Waals surface area contributed by atoms with E-state index in [4.69, 9.17) is 11.6 Å². The lowest BCUT2D eigenvalue weighted by Crippen LogP contribution is -2.31. The van der Waals surface area contributed by atoms with Crippen molar-refractivity contribution in [3.05, 3.63) is 29.0 Å². The molecule has 3 heteroatoms. The van der Waals surface area contributed by atoms with Crippen molar-refractivity contribution in [1.29, 1.82) is 0 Å². The molecule has 0 aliphatic carbocycles. The van der Waals surface area contributed by atoms with Crippen molar-refractivity contribution in [2.75, 3.05) is 13.1 Å². The molecule has 2 nitrogen and oxygen atoms in total. The first-order valence-electron chi connectivity index (χ1n) is 6.99. The molecule has 1 saturated heterocycles. The third-order valence-corrected chi connectivity index (χ3v) is 4.13. The number of aromatic nitrogens is 1. The molecule has 1 fully saturated rings. The van der Waals surface area contributed by atoms with Crippen molar-refractivity contribution >= 4 is 11.6 Å². The Hall–Kier alpha value is -0.600. The molecule has 0 N–H and O–H groups in total. The fourth-order valence-electron chi connectivity index (χ4n) is 2.81. The van der Waals surface area contributed by atoms with E-state index in [0.717, 1.165) is 12.3 Å². The molecular weight excluding hydrogens is 244 g/mol. The topological polar surface area (TPSA) is 16.1 Å². The molecule has 0 aromatic carbocycles. The van der Waals surface area contributed by atoms with Gasteiger partial charge in [0.2, 0.25) is 0 Å². The van der Waals surface area contributed by atoms with Gasteiger partial charge in [0.25, 0.3) is 0 Å². The van der Waals surface area contributed by atoms with Gasteiger partial charge in [-0.15, -0.1) is 0 Å². The van der Waals surface area contributed by atoms with Crippen LogP contribution in [0.15, 0.2) is 18.3 Å². The third kappa shape index (κ3) is 3.96. The molecule has 1 aromatic heterocycles. The monoisotopic (exact) mass is 266 g/mol. The van der Waals surface area contributed by atoms with Gasteiger partial charge >= 0.3 is 0 Å². The van der Waals surface area contributed by atoms with Crippen molar-refractivity contribution in [1.82, 2.24) is 9.88 Å². The Balaban J connectivity index is 1.91. The molecular formula is C15H23ClN2. The Labute approximate surface area is 115 Å². The van der Waals surface area contributed by atoms with Crippen molar-refractivity contribution in [2.24, 2.45) is 5.92 Å². The van der Waals surface area contributed by atoms with Gasteiger partial charge in [-0.2, -0.15) is 0 Å². The van der Waals surface area contributed by atoms with E-state index in [1.165, 1.54) is 37.9 Å². The maximum atomic E-state index is 5.94. The highest BCUT2D eigenvalue weighted by atomic mass is 35.5. The largest absolute Gasteiger partial charge is 0.301 e. The summed E-state index contributed by atoms with van der Waals surface area (Å²) in [7, 11) is 0. The van der Waals surface area contributed by atoms with Crippen molar-refractivity contribution in [2.45, 2.75) is 45.6 Å². The summed E-state index contributed by atoms with van der Waals surface area (Å²) in [5.74, 6) is 0.798. The van der Waals surface area contributed by atoms with Gasteiger partial charge in [-0.3, -0.25) is 0 Å². The highest BCUT2D eigenvalue weighted by Crippen LogP contribution is 2.23. The first kappa shape index (κ1) is 13.8. The van der Waals surface area contributed by atoms with Crippen LogP contribution in [0.25, 0.3) is 0 Å². The second-order valence-electron chi connectivity index (χ2n) is 5.62. The van der Waals surface area contributed by atoms with E-state index in [9.17, 15) is 0 Å². The van der Waals surface area contributed by atoms with Gasteiger partial charge in [0.15, 0.2) is 0 Å². The van der Waals surface area contributed by atoms with Crippen LogP contribution in [0.4, 0.5) is 0 Å². The van der Waals surface area contributed by atoms with Crippen LogP contribution in [0.5, 0.6) is 0 Å². The lowest BCUT2D eigenvalue weighted by molar-refractivity contribution is 0.228. The summed E-state index contributed by atoms with van der Waals surface area (Å²) >= 11 is 5.94. The summed E-state index contributed by atoms with van der Waals surface area (Å²) in [5, 5.41) is 0.616. The number of halogens is 1. The molecule has 1 atom stereocenters. The minimum absolute atomic E-state index is 0.616. The van der Waals surface area contributed by atoms with E-state index >= 15 is 0 Å². The van der Waals surface area contributed by atoms with Crippen LogP contribution in [-0.2, 0) is 6.42 Å². The molecule has 0 amide bonds. The molecule has 1 aliphatic rings. The smallest absolute Gasteiger partial charge is 0.129 e. The van der Waals surface area contributed by atoms with Crippen LogP contribution in [-0.4, -0.2) is 29.0 Å². The number of rotatable bonds is 3. The Morgan fingerprint density at radius 1 is 1.39 bits per heavy atom. The molecule has 0 saturated carbocycles. The maximum Gasteiger partial charge on any atom is 0.129 e. The standard InChI is InChI=1S/C15H23ClN2/c1-12(2)18-8-3-4-13(6-9-18)10-14-5-7-17-15(16)11-14/h5,7,11-13H,3-4,6,8-10H2,1-2H3/t13-/m1/s1. The number of nitrogens with zero attached hydrogens (tertiary/aromatic N) is 2. The van der Waals surface area contributed by atoms with E-state index in [1.807, 2.05) is 12.3 Å². The van der Waals surface area contributed by atoms with Gasteiger partial charge in [-0.05, 0) is 76.2 Å². The molecule has 18 heavy (non-hydrogen) atoms. The Morgan fingerprint density at radius 2 is 2.22 bits per heavy atom. The highest BCUT2D eigenvalue weighted by Gasteiger charge is 2.18. The zero-order valence-corrected chi connectivity index (χ0v) is 12.2. The van der Waals surface area contributed by atoms with Crippen molar-refractivity contribution in [3.8, 4) is 0 Å². The first-order chi connectivity index (χ1) is 8.65. The normalized spacial score (nSPS) is 22.1. The van der Waals surface area contributed by atoms with Gasteiger partial charge in [-0.25, -0.2) is 4.98 Å². The second-order valence-corrected chi connectivity index (χ2v) is 6.00. The summed E-state index contributed by atoms with van der Waals surface area (Å²) in [6.45, 7) is 7.08. The zero-order chi connectivity index (χ0) is 13.0. The van der Waals surface area contributed by atoms with Gasteiger partial charge in [-0.1, -0.05) is 11.6 Å². The van der Waals surface area contributed by atoms with E-state index in [-0.39, 0.29) is 0 Å². The predicted octanol–water partition coefficient (Wildman–Crippen LogP) is 3.79. The minimum Gasteiger partial charge on any atom is -0.301 e. The average molecular weight is 267 g/mol. The summed E-state index contributed by atoms with van der Waals surface area (Å²) in [4.78, 5) is 6.64. The van der Waals surface area contributed by atoms with E-state index < -0.39 is 0 Å². The van der Waals surface area contributed by atoms with Crippen LogP contribution in [0, 0.1) is 5.92 Å². The van der Waals surface area contributed by atoms with Gasteiger partial charge in [0, 0.05) is 12.2 Å². The molecule has 2 heterocycles. The molecule has 1 aliphatic heterocycles. The fraction of sp³-hybridized carbons (Fsp3) is 0.667. The van der Waals surface area contributed by atoms with E-state index in [0.29, 0.717) is 11.2 Å².